The van der Waals surface area contributed by atoms with E-state index >= 15 is 0 Å². The van der Waals surface area contributed by atoms with Crippen LogP contribution < -0.4 is 5.73 Å². The molecule has 0 aliphatic heterocycles. The van der Waals surface area contributed by atoms with E-state index in [4.69, 9.17) is 10.8 Å². The van der Waals surface area contributed by atoms with Gasteiger partial charge in [-0.25, -0.2) is 9.48 Å². The van der Waals surface area contributed by atoms with E-state index in [1.165, 1.54) is 4.68 Å². The summed E-state index contributed by atoms with van der Waals surface area (Å²) in [5.74, 6) is -1.13. The van der Waals surface area contributed by atoms with E-state index in [0.717, 1.165) is 0 Å². The Kier molecular flexibility index (Phi) is 4.17. The molecule has 0 bridgehead atoms. The van der Waals surface area contributed by atoms with E-state index < -0.39 is 12.6 Å². The van der Waals surface area contributed by atoms with Crippen LogP contribution in [0.4, 0.5) is 4.39 Å². The van der Waals surface area contributed by atoms with Gasteiger partial charge in [-0.15, -0.1) is 5.10 Å². The van der Waals surface area contributed by atoms with Gasteiger partial charge in [0.1, 0.15) is 0 Å². The van der Waals surface area contributed by atoms with E-state index in [0.29, 0.717) is 31.6 Å². The van der Waals surface area contributed by atoms with Crippen molar-refractivity contribution in [3.63, 3.8) is 0 Å². The van der Waals surface area contributed by atoms with Crippen LogP contribution in [0.5, 0.6) is 0 Å². The molecule has 0 spiro atoms. The maximum Gasteiger partial charge on any atom is 0.358 e. The second kappa shape index (κ2) is 5.40. The number of carboxylic acid groups (broad SMARTS) is 1. The first-order valence-corrected chi connectivity index (χ1v) is 4.62. The molecule has 6 nitrogen and oxygen atoms in total. The zero-order chi connectivity index (χ0) is 11.3. The van der Waals surface area contributed by atoms with Crippen LogP contribution in [0, 0.1) is 0 Å². The number of hydrogen-bond donors (Lipinski definition) is 2. The number of carbonyl (C=O) groups is 1. The third-order valence-electron chi connectivity index (χ3n) is 1.92. The van der Waals surface area contributed by atoms with Crippen LogP contribution in [0.15, 0.2) is 0 Å². The predicted octanol–water partition coefficient (Wildman–Crippen LogP) is -0.163. The first kappa shape index (κ1) is 11.6. The number of aryl methyl sites for hydroxylation is 1. The van der Waals surface area contributed by atoms with Crippen LogP contribution >= 0.6 is 0 Å². The lowest BCUT2D eigenvalue weighted by molar-refractivity contribution is 0.0689. The molecule has 15 heavy (non-hydrogen) atoms. The number of alkyl halides is 1. The molecule has 0 radical (unpaired) electrons. The average Bonchev–Trinajstić information content (AvgIpc) is 2.59. The van der Waals surface area contributed by atoms with E-state index in [2.05, 4.69) is 10.3 Å². The number of carboxylic acids is 1. The third kappa shape index (κ3) is 2.72. The molecule has 0 amide bonds. The third-order valence-corrected chi connectivity index (χ3v) is 1.92. The maximum atomic E-state index is 12.0. The minimum absolute atomic E-state index is 0.0979. The van der Waals surface area contributed by atoms with E-state index in [-0.39, 0.29) is 5.69 Å². The molecular formula is C8H13FN4O2. The predicted molar refractivity (Wildman–Crippen MR) is 50.3 cm³/mol. The summed E-state index contributed by atoms with van der Waals surface area (Å²) in [6.45, 7) is 0.166. The highest BCUT2D eigenvalue weighted by atomic mass is 19.1. The molecule has 0 aliphatic carbocycles. The van der Waals surface area contributed by atoms with Crippen LogP contribution in [0.1, 0.15) is 22.6 Å². The summed E-state index contributed by atoms with van der Waals surface area (Å²) in [5.41, 5.74) is 5.71. The van der Waals surface area contributed by atoms with Crippen LogP contribution in [0.2, 0.25) is 0 Å². The average molecular weight is 216 g/mol. The summed E-state index contributed by atoms with van der Waals surface area (Å²) in [6.07, 6.45) is 0.668. The zero-order valence-corrected chi connectivity index (χ0v) is 8.19. The molecule has 7 heteroatoms. The summed E-state index contributed by atoms with van der Waals surface area (Å²) < 4.78 is 13.4. The molecule has 0 aromatic carbocycles. The molecule has 1 aromatic heterocycles. The minimum atomic E-state index is -1.13. The molecule has 1 aromatic rings. The van der Waals surface area contributed by atoms with Crippen LogP contribution in [-0.4, -0.2) is 39.3 Å². The van der Waals surface area contributed by atoms with Gasteiger partial charge >= 0.3 is 5.97 Å². The molecule has 3 N–H and O–H groups in total. The van der Waals surface area contributed by atoms with Gasteiger partial charge in [0, 0.05) is 13.0 Å². The van der Waals surface area contributed by atoms with Crippen molar-refractivity contribution in [2.24, 2.45) is 5.73 Å². The largest absolute Gasteiger partial charge is 0.476 e. The smallest absolute Gasteiger partial charge is 0.358 e. The molecular weight excluding hydrogens is 203 g/mol. The van der Waals surface area contributed by atoms with Crippen molar-refractivity contribution < 1.29 is 14.3 Å². The lowest BCUT2D eigenvalue weighted by atomic mass is 10.2. The number of aromatic carboxylic acids is 1. The first-order chi connectivity index (χ1) is 7.20. The van der Waals surface area contributed by atoms with Gasteiger partial charge in [0.05, 0.1) is 12.4 Å². The molecule has 0 atom stereocenters. The Labute approximate surface area is 85.9 Å². The Morgan fingerprint density at radius 2 is 2.33 bits per heavy atom. The Morgan fingerprint density at radius 3 is 2.87 bits per heavy atom. The molecule has 0 saturated heterocycles. The van der Waals surface area contributed by atoms with Crippen LogP contribution in [0.3, 0.4) is 0 Å². The normalized spacial score (nSPS) is 10.5. The highest BCUT2D eigenvalue weighted by Gasteiger charge is 2.17. The summed E-state index contributed by atoms with van der Waals surface area (Å²) >= 11 is 0. The first-order valence-electron chi connectivity index (χ1n) is 4.62. The fraction of sp³-hybridized carbons (Fsp3) is 0.625. The molecule has 1 rings (SSSR count). The van der Waals surface area contributed by atoms with Gasteiger partial charge in [0.25, 0.3) is 0 Å². The fourth-order valence-corrected chi connectivity index (χ4v) is 1.27. The Bertz CT molecular complexity index is 339. The Hall–Kier alpha value is -1.50. The number of rotatable bonds is 6. The van der Waals surface area contributed by atoms with Gasteiger partial charge in [0.15, 0.2) is 5.69 Å². The highest BCUT2D eigenvalue weighted by Crippen LogP contribution is 2.07. The van der Waals surface area contributed by atoms with Crippen molar-refractivity contribution >= 4 is 5.97 Å². The SMILES string of the molecule is NCCc1c(C(=O)O)nnn1CCCF. The van der Waals surface area contributed by atoms with Gasteiger partial charge in [-0.3, -0.25) is 4.39 Å². The van der Waals surface area contributed by atoms with Gasteiger partial charge in [-0.05, 0) is 13.0 Å². The highest BCUT2D eigenvalue weighted by molar-refractivity contribution is 5.86. The van der Waals surface area contributed by atoms with Gasteiger partial charge in [0.2, 0.25) is 0 Å². The summed E-state index contributed by atoms with van der Waals surface area (Å²) in [5, 5.41) is 16.0. The Morgan fingerprint density at radius 1 is 1.60 bits per heavy atom. The van der Waals surface area contributed by atoms with Crippen molar-refractivity contribution in [2.45, 2.75) is 19.4 Å². The standard InChI is InChI=1S/C8H13FN4O2/c9-3-1-5-13-6(2-4-10)7(8(14)15)11-12-13/h1-5,10H2,(H,14,15). The van der Waals surface area contributed by atoms with Crippen LogP contribution in [-0.2, 0) is 13.0 Å². The number of aromatic nitrogens is 3. The minimum Gasteiger partial charge on any atom is -0.476 e. The van der Waals surface area contributed by atoms with Crippen molar-refractivity contribution in [3.8, 4) is 0 Å². The molecule has 0 saturated carbocycles. The number of halogens is 1. The molecule has 0 unspecified atom stereocenters. The van der Waals surface area contributed by atoms with E-state index in [9.17, 15) is 9.18 Å². The van der Waals surface area contributed by atoms with E-state index in [1.54, 1.807) is 0 Å². The second-order valence-corrected chi connectivity index (χ2v) is 2.99. The van der Waals surface area contributed by atoms with Crippen LogP contribution in [0.25, 0.3) is 0 Å². The van der Waals surface area contributed by atoms with Crippen molar-refractivity contribution in [3.05, 3.63) is 11.4 Å². The van der Waals surface area contributed by atoms with Crippen molar-refractivity contribution in [1.29, 1.82) is 0 Å². The van der Waals surface area contributed by atoms with Crippen molar-refractivity contribution in [1.82, 2.24) is 15.0 Å². The summed E-state index contributed by atoms with van der Waals surface area (Å²) in [7, 11) is 0. The van der Waals surface area contributed by atoms with Gasteiger partial charge in [-0.2, -0.15) is 0 Å². The monoisotopic (exact) mass is 216 g/mol. The number of nitrogens with two attached hydrogens (primary N) is 1. The van der Waals surface area contributed by atoms with Crippen molar-refractivity contribution in [2.75, 3.05) is 13.2 Å². The molecule has 0 aliphatic rings. The fourth-order valence-electron chi connectivity index (χ4n) is 1.27. The van der Waals surface area contributed by atoms with Gasteiger partial charge in [-0.1, -0.05) is 5.21 Å². The zero-order valence-electron chi connectivity index (χ0n) is 8.19. The second-order valence-electron chi connectivity index (χ2n) is 2.99. The maximum absolute atomic E-state index is 12.0. The molecule has 1 heterocycles. The Balaban J connectivity index is 2.90. The molecule has 0 fully saturated rings. The number of hydrogen-bond acceptors (Lipinski definition) is 4. The topological polar surface area (TPSA) is 94.0 Å². The number of nitrogens with zero attached hydrogens (tertiary/aromatic N) is 3. The summed E-state index contributed by atoms with van der Waals surface area (Å²) in [6, 6.07) is 0. The lowest BCUT2D eigenvalue weighted by Crippen LogP contribution is -2.13. The van der Waals surface area contributed by atoms with E-state index in [1.807, 2.05) is 0 Å². The molecule has 84 valence electrons. The lowest BCUT2D eigenvalue weighted by Gasteiger charge is -2.03. The quantitative estimate of drug-likeness (QED) is 0.688. The van der Waals surface area contributed by atoms with Gasteiger partial charge < -0.3 is 10.8 Å². The summed E-state index contributed by atoms with van der Waals surface area (Å²) in [4.78, 5) is 10.8.